The van der Waals surface area contributed by atoms with E-state index in [0.717, 1.165) is 43.1 Å². The summed E-state index contributed by atoms with van der Waals surface area (Å²) >= 11 is 6.19. The van der Waals surface area contributed by atoms with Crippen LogP contribution >= 0.6 is 11.6 Å². The minimum absolute atomic E-state index is 0.0572. The normalized spacial score (nSPS) is 14.1. The highest BCUT2D eigenvalue weighted by molar-refractivity contribution is 6.31. The Hall–Kier alpha value is -2.04. The van der Waals surface area contributed by atoms with E-state index in [4.69, 9.17) is 11.6 Å². The molecule has 2 aromatic heterocycles. The van der Waals surface area contributed by atoms with Crippen LogP contribution in [0.25, 0.3) is 10.9 Å². The van der Waals surface area contributed by atoms with Crippen LogP contribution < -0.4 is 10.9 Å². The second-order valence-electron chi connectivity index (χ2n) is 5.98. The number of hydrogen-bond acceptors (Lipinski definition) is 2. The number of hydrogen-bond donors (Lipinski definition) is 2. The summed E-state index contributed by atoms with van der Waals surface area (Å²) in [6.45, 7) is 2.81. The second-order valence-corrected chi connectivity index (χ2v) is 6.41. The van der Waals surface area contributed by atoms with Crippen molar-refractivity contribution >= 4 is 22.5 Å². The van der Waals surface area contributed by atoms with Crippen LogP contribution in [0.2, 0.25) is 5.02 Å². The molecule has 0 atom stereocenters. The molecule has 4 nitrogen and oxygen atoms in total. The average Bonchev–Trinajstić information content (AvgIpc) is 2.88. The first-order valence-electron chi connectivity index (χ1n) is 7.90. The van der Waals surface area contributed by atoms with Gasteiger partial charge in [-0.15, -0.1) is 0 Å². The summed E-state index contributed by atoms with van der Waals surface area (Å²) in [5, 5.41) is 5.48. The first kappa shape index (κ1) is 14.5. The minimum Gasteiger partial charge on any atom is -0.344 e. The summed E-state index contributed by atoms with van der Waals surface area (Å²) in [4.78, 5) is 13.9. The van der Waals surface area contributed by atoms with Crippen LogP contribution in [0.15, 0.2) is 41.3 Å². The largest absolute Gasteiger partial charge is 0.344 e. The number of aromatic amines is 1. The summed E-state index contributed by atoms with van der Waals surface area (Å²) in [7, 11) is 0. The Morgan fingerprint density at radius 1 is 1.22 bits per heavy atom. The summed E-state index contributed by atoms with van der Waals surface area (Å²) in [5.74, 6) is 0. The van der Waals surface area contributed by atoms with Crippen molar-refractivity contribution in [2.24, 2.45) is 0 Å². The molecular formula is C18H18ClN3O. The number of benzene rings is 1. The number of fused-ring (bicyclic) bond motifs is 3. The van der Waals surface area contributed by atoms with E-state index in [9.17, 15) is 4.79 Å². The molecule has 1 aliphatic heterocycles. The maximum Gasteiger partial charge on any atom is 0.247 e. The Bertz CT molecular complexity index is 905. The molecule has 0 bridgehead atoms. The summed E-state index contributed by atoms with van der Waals surface area (Å²) < 4.78 is 2.41. The molecule has 1 aromatic carbocycles. The lowest BCUT2D eigenvalue weighted by Crippen LogP contribution is -2.24. The molecule has 0 amide bonds. The van der Waals surface area contributed by atoms with Crippen LogP contribution in [0.4, 0.5) is 0 Å². The fraction of sp³-hybridized carbons (Fsp3) is 0.278. The van der Waals surface area contributed by atoms with Crippen molar-refractivity contribution < 1.29 is 0 Å². The molecule has 3 aromatic rings. The molecule has 118 valence electrons. The van der Waals surface area contributed by atoms with E-state index in [-0.39, 0.29) is 5.56 Å². The van der Waals surface area contributed by atoms with Gasteiger partial charge >= 0.3 is 0 Å². The SMILES string of the molecule is O=c1ccc(CCn2c3c(c4cc(Cl)ccc42)CNCC3)c[nH]1. The van der Waals surface area contributed by atoms with Crippen LogP contribution in [0, 0.1) is 0 Å². The highest BCUT2D eigenvalue weighted by Gasteiger charge is 2.19. The molecule has 23 heavy (non-hydrogen) atoms. The Morgan fingerprint density at radius 3 is 2.96 bits per heavy atom. The van der Waals surface area contributed by atoms with Gasteiger partial charge in [0.25, 0.3) is 0 Å². The van der Waals surface area contributed by atoms with E-state index in [2.05, 4.69) is 27.0 Å². The van der Waals surface area contributed by atoms with Crippen LogP contribution in [0.5, 0.6) is 0 Å². The van der Waals surface area contributed by atoms with Crippen molar-refractivity contribution in [3.63, 3.8) is 0 Å². The number of rotatable bonds is 3. The molecule has 1 aliphatic rings. The van der Waals surface area contributed by atoms with Crippen molar-refractivity contribution in [1.82, 2.24) is 14.9 Å². The number of H-pyrrole nitrogens is 1. The molecule has 5 heteroatoms. The summed E-state index contributed by atoms with van der Waals surface area (Å²) in [5.41, 5.74) is 5.11. The van der Waals surface area contributed by atoms with Crippen molar-refractivity contribution in [3.8, 4) is 0 Å². The standard InChI is InChI=1S/C18H18ClN3O/c19-13-2-3-16-14(9-13)15-11-20-7-5-17(15)22(16)8-6-12-1-4-18(23)21-10-12/h1-4,9-10,20H,5-8,11H2,(H,21,23). The lowest BCUT2D eigenvalue weighted by Gasteiger charge is -2.17. The number of pyridine rings is 1. The van der Waals surface area contributed by atoms with Crippen molar-refractivity contribution in [3.05, 3.63) is 68.7 Å². The van der Waals surface area contributed by atoms with Gasteiger partial charge < -0.3 is 14.9 Å². The Labute approximate surface area is 139 Å². The van der Waals surface area contributed by atoms with Gasteiger partial charge in [0, 0.05) is 59.9 Å². The molecular weight excluding hydrogens is 310 g/mol. The Balaban J connectivity index is 1.73. The van der Waals surface area contributed by atoms with Crippen LogP contribution in [-0.4, -0.2) is 16.1 Å². The van der Waals surface area contributed by atoms with Gasteiger partial charge in [0.2, 0.25) is 5.56 Å². The third-order valence-corrected chi connectivity index (χ3v) is 4.80. The molecule has 0 saturated carbocycles. The molecule has 0 spiro atoms. The number of aromatic nitrogens is 2. The molecule has 0 aliphatic carbocycles. The van der Waals surface area contributed by atoms with E-state index in [1.54, 1.807) is 12.3 Å². The fourth-order valence-electron chi connectivity index (χ4n) is 3.45. The first-order chi connectivity index (χ1) is 11.2. The molecule has 0 fully saturated rings. The maximum absolute atomic E-state index is 11.2. The van der Waals surface area contributed by atoms with E-state index in [0.29, 0.717) is 0 Å². The molecule has 4 rings (SSSR count). The van der Waals surface area contributed by atoms with E-state index >= 15 is 0 Å². The number of aryl methyl sites for hydroxylation is 2. The smallest absolute Gasteiger partial charge is 0.247 e. The van der Waals surface area contributed by atoms with Crippen LogP contribution in [-0.2, 0) is 25.9 Å². The van der Waals surface area contributed by atoms with E-state index in [1.165, 1.54) is 22.2 Å². The zero-order valence-electron chi connectivity index (χ0n) is 12.7. The van der Waals surface area contributed by atoms with Crippen molar-refractivity contribution in [1.29, 1.82) is 0 Å². The molecule has 3 heterocycles. The topological polar surface area (TPSA) is 49.8 Å². The number of halogens is 1. The minimum atomic E-state index is -0.0572. The van der Waals surface area contributed by atoms with Gasteiger partial charge in [0.15, 0.2) is 0 Å². The first-order valence-corrected chi connectivity index (χ1v) is 8.28. The predicted octanol–water partition coefficient (Wildman–Crippen LogP) is 2.87. The second kappa shape index (κ2) is 5.87. The van der Waals surface area contributed by atoms with Gasteiger partial charge in [0.1, 0.15) is 0 Å². The van der Waals surface area contributed by atoms with Crippen molar-refractivity contribution in [2.45, 2.75) is 25.9 Å². The zero-order valence-corrected chi connectivity index (χ0v) is 13.5. The molecule has 0 unspecified atom stereocenters. The van der Waals surface area contributed by atoms with Gasteiger partial charge in [-0.1, -0.05) is 17.7 Å². The summed E-state index contributed by atoms with van der Waals surface area (Å²) in [6.07, 6.45) is 3.73. The van der Waals surface area contributed by atoms with Crippen LogP contribution in [0.3, 0.4) is 0 Å². The van der Waals surface area contributed by atoms with E-state index < -0.39 is 0 Å². The number of nitrogens with one attached hydrogen (secondary N) is 2. The van der Waals surface area contributed by atoms with Gasteiger partial charge in [-0.3, -0.25) is 4.79 Å². The average molecular weight is 328 g/mol. The quantitative estimate of drug-likeness (QED) is 0.777. The molecule has 2 N–H and O–H groups in total. The monoisotopic (exact) mass is 327 g/mol. The van der Waals surface area contributed by atoms with Gasteiger partial charge in [-0.2, -0.15) is 0 Å². The third-order valence-electron chi connectivity index (χ3n) is 4.56. The van der Waals surface area contributed by atoms with Gasteiger partial charge in [-0.05, 0) is 35.7 Å². The highest BCUT2D eigenvalue weighted by atomic mass is 35.5. The Kier molecular flexibility index (Phi) is 3.71. The van der Waals surface area contributed by atoms with Gasteiger partial charge in [-0.25, -0.2) is 0 Å². The zero-order chi connectivity index (χ0) is 15.8. The van der Waals surface area contributed by atoms with E-state index in [1.807, 2.05) is 12.1 Å². The molecule has 0 radical (unpaired) electrons. The highest BCUT2D eigenvalue weighted by Crippen LogP contribution is 2.31. The maximum atomic E-state index is 11.2. The lowest BCUT2D eigenvalue weighted by molar-refractivity contribution is 0.594. The number of nitrogens with zero attached hydrogens (tertiary/aromatic N) is 1. The van der Waals surface area contributed by atoms with Crippen LogP contribution in [0.1, 0.15) is 16.8 Å². The molecule has 0 saturated heterocycles. The fourth-order valence-corrected chi connectivity index (χ4v) is 3.62. The lowest BCUT2D eigenvalue weighted by atomic mass is 10.1. The van der Waals surface area contributed by atoms with Crippen molar-refractivity contribution in [2.75, 3.05) is 6.54 Å². The Morgan fingerprint density at radius 2 is 2.13 bits per heavy atom. The van der Waals surface area contributed by atoms with Gasteiger partial charge in [0.05, 0.1) is 0 Å². The summed E-state index contributed by atoms with van der Waals surface area (Å²) in [6, 6.07) is 9.62. The third kappa shape index (κ3) is 2.69. The predicted molar refractivity (Wildman–Crippen MR) is 93.1 cm³/mol.